The molecule has 1 aliphatic carbocycles. The second-order valence-electron chi connectivity index (χ2n) is 17.4. The van der Waals surface area contributed by atoms with E-state index in [0.29, 0.717) is 0 Å². The third-order valence-electron chi connectivity index (χ3n) is 13.7. The molecule has 0 radical (unpaired) electrons. The molecule has 11 aromatic carbocycles. The van der Waals surface area contributed by atoms with Crippen LogP contribution in [0.2, 0.25) is 0 Å². The van der Waals surface area contributed by atoms with E-state index in [1.807, 2.05) is 0 Å². The maximum Gasteiger partial charge on any atom is 0.0543 e. The van der Waals surface area contributed by atoms with Gasteiger partial charge in [-0.3, -0.25) is 0 Å². The topological polar surface area (TPSA) is 3.24 Å². The van der Waals surface area contributed by atoms with Crippen molar-refractivity contribution in [3.05, 3.63) is 271 Å². The second-order valence-corrected chi connectivity index (χ2v) is 17.4. The molecule has 65 heavy (non-hydrogen) atoms. The van der Waals surface area contributed by atoms with Gasteiger partial charge in [0.15, 0.2) is 0 Å². The van der Waals surface area contributed by atoms with Gasteiger partial charge in [-0.15, -0.1) is 0 Å². The maximum absolute atomic E-state index is 2.51. The van der Waals surface area contributed by atoms with Gasteiger partial charge in [0.1, 0.15) is 0 Å². The Labute approximate surface area is 381 Å². The largest absolute Gasteiger partial charge is 0.309 e. The van der Waals surface area contributed by atoms with Crippen molar-refractivity contribution in [2.24, 2.45) is 0 Å². The molecule has 0 saturated carbocycles. The molecule has 0 spiro atoms. The number of hydrogen-bond acceptors (Lipinski definition) is 1. The normalized spacial score (nSPS) is 14.0. The van der Waals surface area contributed by atoms with Crippen LogP contribution in [0, 0.1) is 0 Å². The van der Waals surface area contributed by atoms with E-state index in [0.717, 1.165) is 33.8 Å². The summed E-state index contributed by atoms with van der Waals surface area (Å²) in [6.45, 7) is 2.40. The molecule has 0 aromatic heterocycles. The molecule has 0 saturated heterocycles. The van der Waals surface area contributed by atoms with Crippen molar-refractivity contribution in [3.63, 3.8) is 0 Å². The van der Waals surface area contributed by atoms with Crippen LogP contribution >= 0.6 is 0 Å². The van der Waals surface area contributed by atoms with Crippen molar-refractivity contribution < 1.29 is 0 Å². The lowest BCUT2D eigenvalue weighted by molar-refractivity contribution is 0.714. The van der Waals surface area contributed by atoms with Crippen LogP contribution in [-0.2, 0) is 5.41 Å². The predicted molar refractivity (Wildman–Crippen MR) is 275 cm³/mol. The molecule has 0 N–H and O–H groups in total. The molecule has 1 aliphatic rings. The van der Waals surface area contributed by atoms with Crippen molar-refractivity contribution in [2.45, 2.75) is 12.3 Å². The molecule has 0 heterocycles. The smallest absolute Gasteiger partial charge is 0.0543 e. The van der Waals surface area contributed by atoms with Crippen LogP contribution in [0.5, 0.6) is 0 Å². The lowest BCUT2D eigenvalue weighted by atomic mass is 9.74. The monoisotopic (exact) mass is 827 g/mol. The summed E-state index contributed by atoms with van der Waals surface area (Å²) in [5.41, 5.74) is 19.0. The van der Waals surface area contributed by atoms with E-state index >= 15 is 0 Å². The molecule has 306 valence electrons. The number of hydrogen-bond donors (Lipinski definition) is 0. The Morgan fingerprint density at radius 1 is 0.292 bits per heavy atom. The first kappa shape index (κ1) is 38.4. The lowest BCUT2D eigenvalue weighted by Crippen LogP contribution is -2.22. The number of rotatable bonds is 8. The molecular formula is C64H45N. The Morgan fingerprint density at radius 2 is 0.754 bits per heavy atom. The summed E-state index contributed by atoms with van der Waals surface area (Å²) in [5, 5.41) is 5.01. The van der Waals surface area contributed by atoms with Crippen molar-refractivity contribution in [2.75, 3.05) is 4.90 Å². The highest BCUT2D eigenvalue weighted by Crippen LogP contribution is 2.57. The summed E-state index contributed by atoms with van der Waals surface area (Å²) in [6.07, 6.45) is 0. The zero-order valence-corrected chi connectivity index (χ0v) is 36.2. The highest BCUT2D eigenvalue weighted by molar-refractivity contribution is 5.99. The molecule has 0 amide bonds. The van der Waals surface area contributed by atoms with Crippen LogP contribution in [0.4, 0.5) is 17.1 Å². The minimum absolute atomic E-state index is 0.332. The van der Waals surface area contributed by atoms with Gasteiger partial charge in [0.2, 0.25) is 0 Å². The van der Waals surface area contributed by atoms with Crippen molar-refractivity contribution >= 4 is 38.6 Å². The van der Waals surface area contributed by atoms with E-state index < -0.39 is 0 Å². The summed E-state index contributed by atoms with van der Waals surface area (Å²) < 4.78 is 0. The van der Waals surface area contributed by atoms with Crippen LogP contribution in [0.3, 0.4) is 0 Å². The Balaban J connectivity index is 1.01. The van der Waals surface area contributed by atoms with Gasteiger partial charge < -0.3 is 4.90 Å². The summed E-state index contributed by atoms with van der Waals surface area (Å²) >= 11 is 0. The summed E-state index contributed by atoms with van der Waals surface area (Å²) in [6, 6.07) is 93.7. The van der Waals surface area contributed by atoms with Crippen LogP contribution in [-0.4, -0.2) is 0 Å². The average Bonchev–Trinajstić information content (AvgIpc) is 3.65. The zero-order chi connectivity index (χ0) is 43.3. The summed E-state index contributed by atoms with van der Waals surface area (Å²) in [4.78, 5) is 2.51. The highest BCUT2D eigenvalue weighted by Gasteiger charge is 2.42. The number of nitrogens with zero attached hydrogens (tertiary/aromatic N) is 1. The second kappa shape index (κ2) is 15.8. The average molecular weight is 828 g/mol. The predicted octanol–water partition coefficient (Wildman–Crippen LogP) is 17.5. The van der Waals surface area contributed by atoms with Crippen LogP contribution in [0.1, 0.15) is 23.6 Å². The van der Waals surface area contributed by atoms with Gasteiger partial charge >= 0.3 is 0 Å². The molecule has 1 nitrogen and oxygen atoms in total. The third kappa shape index (κ3) is 6.64. The molecule has 0 fully saturated rings. The fraction of sp³-hybridized carbons (Fsp3) is 0.0312. The lowest BCUT2D eigenvalue weighted by Gasteiger charge is -2.32. The van der Waals surface area contributed by atoms with Crippen molar-refractivity contribution in [1.29, 1.82) is 0 Å². The van der Waals surface area contributed by atoms with Crippen LogP contribution < -0.4 is 4.90 Å². The first-order valence-electron chi connectivity index (χ1n) is 22.6. The van der Waals surface area contributed by atoms with Crippen molar-refractivity contribution in [1.82, 2.24) is 0 Å². The molecule has 0 bridgehead atoms. The standard InChI is InChI=1S/C64H45N/c1-64(55-20-3-2-4-21-55)59-25-11-9-24-58(59)63-60(64)26-14-28-62(63)65(56-22-13-19-52(43-56)46-29-31-47(32-30-46)53-39-35-44-15-5-7-17-50(44)41-53)61-27-12-10-23-57(61)49-37-33-48(34-38-49)54-40-36-45-16-6-8-18-51(45)42-54/h2-43H,1H3. The zero-order valence-electron chi connectivity index (χ0n) is 36.2. The van der Waals surface area contributed by atoms with E-state index in [1.165, 1.54) is 77.2 Å². The van der Waals surface area contributed by atoms with Crippen LogP contribution in [0.15, 0.2) is 255 Å². The quantitative estimate of drug-likeness (QED) is 0.147. The van der Waals surface area contributed by atoms with Crippen LogP contribution in [0.25, 0.3) is 77.2 Å². The number of fused-ring (bicyclic) bond motifs is 5. The molecule has 1 unspecified atom stereocenters. The molecule has 1 heteroatoms. The number of benzene rings is 11. The summed E-state index contributed by atoms with van der Waals surface area (Å²) in [5.74, 6) is 0. The molecule has 12 rings (SSSR count). The van der Waals surface area contributed by atoms with Gasteiger partial charge in [-0.05, 0) is 126 Å². The van der Waals surface area contributed by atoms with Gasteiger partial charge in [-0.1, -0.05) is 218 Å². The van der Waals surface area contributed by atoms with Gasteiger partial charge in [-0.2, -0.15) is 0 Å². The van der Waals surface area contributed by atoms with Gasteiger partial charge in [0, 0.05) is 22.2 Å². The molecule has 1 atom stereocenters. The Hall–Kier alpha value is -8.26. The number of anilines is 3. The SMILES string of the molecule is CC1(c2ccccc2)c2ccccc2-c2c(N(c3cccc(-c4ccc(-c5ccc6ccccc6c5)cc4)c3)c3ccccc3-c3ccc(-c4ccc5ccccc5c4)cc3)cccc21. The van der Waals surface area contributed by atoms with E-state index in [9.17, 15) is 0 Å². The summed E-state index contributed by atoms with van der Waals surface area (Å²) in [7, 11) is 0. The fourth-order valence-electron chi connectivity index (χ4n) is 10.4. The molecule has 0 aliphatic heterocycles. The van der Waals surface area contributed by atoms with E-state index in [2.05, 4.69) is 267 Å². The minimum atomic E-state index is -0.332. The Morgan fingerprint density at radius 3 is 1.40 bits per heavy atom. The van der Waals surface area contributed by atoms with Gasteiger partial charge in [0.05, 0.1) is 11.4 Å². The maximum atomic E-state index is 2.51. The van der Waals surface area contributed by atoms with Crippen molar-refractivity contribution in [3.8, 4) is 55.6 Å². The molecular weight excluding hydrogens is 783 g/mol. The Kier molecular flexibility index (Phi) is 9.35. The highest BCUT2D eigenvalue weighted by atomic mass is 15.1. The fourth-order valence-corrected chi connectivity index (χ4v) is 10.4. The van der Waals surface area contributed by atoms with Gasteiger partial charge in [-0.25, -0.2) is 0 Å². The third-order valence-corrected chi connectivity index (χ3v) is 13.7. The molecule has 11 aromatic rings. The number of para-hydroxylation sites is 1. The van der Waals surface area contributed by atoms with E-state index in [-0.39, 0.29) is 5.41 Å². The first-order valence-corrected chi connectivity index (χ1v) is 22.6. The van der Waals surface area contributed by atoms with Gasteiger partial charge in [0.25, 0.3) is 0 Å². The minimum Gasteiger partial charge on any atom is -0.309 e. The first-order chi connectivity index (χ1) is 32.1. The van der Waals surface area contributed by atoms with E-state index in [1.54, 1.807) is 0 Å². The Bertz CT molecular complexity index is 3550. The van der Waals surface area contributed by atoms with E-state index in [4.69, 9.17) is 0 Å².